The van der Waals surface area contributed by atoms with Crippen LogP contribution < -0.4 is 29.6 Å². The fourth-order valence-electron chi connectivity index (χ4n) is 1.14. The van der Waals surface area contributed by atoms with Crippen LogP contribution in [-0.4, -0.2) is 15.2 Å². The van der Waals surface area contributed by atoms with Gasteiger partial charge >= 0.3 is 29.6 Å². The van der Waals surface area contributed by atoms with E-state index in [0.29, 0.717) is 5.82 Å². The molecule has 2 N–H and O–H groups in total. The third kappa shape index (κ3) is 3.52. The molecule has 0 atom stereocenters. The van der Waals surface area contributed by atoms with Gasteiger partial charge in [-0.05, 0) is 24.3 Å². The molecule has 0 aliphatic carbocycles. The Labute approximate surface area is 120 Å². The maximum Gasteiger partial charge on any atom is 1.00 e. The molecule has 5 nitrogen and oxygen atoms in total. The minimum Gasteiger partial charge on any atom is -0.505 e. The molecule has 6 heteroatoms. The van der Waals surface area contributed by atoms with Crippen LogP contribution in [0.2, 0.25) is 0 Å². The van der Waals surface area contributed by atoms with Gasteiger partial charge in [0, 0.05) is 6.20 Å². The van der Waals surface area contributed by atoms with E-state index < -0.39 is 0 Å². The molecule has 1 aromatic heterocycles. The molecule has 0 radical (unpaired) electrons. The van der Waals surface area contributed by atoms with Crippen molar-refractivity contribution < 1.29 is 39.8 Å². The predicted octanol–water partition coefficient (Wildman–Crippen LogP) is -0.0878. The summed E-state index contributed by atoms with van der Waals surface area (Å²) in [7, 11) is 0. The molecule has 1 aromatic carbocycles. The Kier molecular flexibility index (Phi) is 5.09. The third-order valence-electron chi connectivity index (χ3n) is 1.90. The quantitative estimate of drug-likeness (QED) is 0.567. The topological polar surface area (TPSA) is 78.1 Å². The second-order valence-corrected chi connectivity index (χ2v) is 3.03. The first-order valence-corrected chi connectivity index (χ1v) is 4.61. The van der Waals surface area contributed by atoms with Crippen molar-refractivity contribution in [3.63, 3.8) is 0 Å². The Bertz CT molecular complexity index is 497. The molecule has 0 amide bonds. The smallest absolute Gasteiger partial charge is 0.505 e. The normalized spacial score (nSPS) is 10.1. The molecule has 0 saturated carbocycles. The maximum absolute atomic E-state index is 9.44. The number of aromatic nitrogens is 1. The van der Waals surface area contributed by atoms with E-state index >= 15 is 0 Å². The SMILES string of the molecule is Oc1cccc(O)c1N=Nc1ccccn1.[Na+]. The van der Waals surface area contributed by atoms with E-state index in [0.717, 1.165) is 0 Å². The minimum atomic E-state index is -0.125. The number of pyridine rings is 1. The molecule has 80 valence electrons. The Hall–Kier alpha value is -1.43. The summed E-state index contributed by atoms with van der Waals surface area (Å²) in [6.45, 7) is 0. The average molecular weight is 238 g/mol. The van der Waals surface area contributed by atoms with Gasteiger partial charge in [-0.25, -0.2) is 4.98 Å². The van der Waals surface area contributed by atoms with E-state index in [1.54, 1.807) is 24.4 Å². The molecule has 0 aliphatic rings. The zero-order valence-corrected chi connectivity index (χ0v) is 11.3. The molecule has 0 unspecified atom stereocenters. The molecule has 0 fully saturated rings. The van der Waals surface area contributed by atoms with Crippen molar-refractivity contribution in [3.8, 4) is 11.5 Å². The van der Waals surface area contributed by atoms with Gasteiger partial charge in [0.1, 0.15) is 11.5 Å². The number of azo groups is 1. The van der Waals surface area contributed by atoms with Crippen molar-refractivity contribution in [2.75, 3.05) is 0 Å². The van der Waals surface area contributed by atoms with Gasteiger partial charge in [0.05, 0.1) is 0 Å². The number of rotatable bonds is 2. The number of phenols is 2. The number of aromatic hydroxyl groups is 2. The third-order valence-corrected chi connectivity index (χ3v) is 1.90. The van der Waals surface area contributed by atoms with Crippen LogP contribution in [0.5, 0.6) is 11.5 Å². The number of hydrogen-bond donors (Lipinski definition) is 2. The van der Waals surface area contributed by atoms with Crippen molar-refractivity contribution in [1.29, 1.82) is 0 Å². The van der Waals surface area contributed by atoms with Gasteiger partial charge in [-0.2, -0.15) is 0 Å². The summed E-state index contributed by atoms with van der Waals surface area (Å²) in [6.07, 6.45) is 1.58. The summed E-state index contributed by atoms with van der Waals surface area (Å²) in [6, 6.07) is 9.56. The molecule has 2 rings (SSSR count). The molecule has 17 heavy (non-hydrogen) atoms. The molecule has 1 heterocycles. The van der Waals surface area contributed by atoms with Crippen molar-refractivity contribution in [3.05, 3.63) is 42.6 Å². The van der Waals surface area contributed by atoms with E-state index in [1.165, 1.54) is 18.2 Å². The standard InChI is InChI=1S/C11H9N3O2.Na/c15-8-4-3-5-9(16)11(8)14-13-10-6-1-2-7-12-10;/h1-7,15-16H;/q;+1. The first-order valence-electron chi connectivity index (χ1n) is 4.61. The summed E-state index contributed by atoms with van der Waals surface area (Å²) in [5.74, 6) is 0.157. The molecule has 0 bridgehead atoms. The van der Waals surface area contributed by atoms with Gasteiger partial charge in [0.2, 0.25) is 0 Å². The molecular weight excluding hydrogens is 229 g/mol. The molecule has 2 aromatic rings. The number of hydrogen-bond acceptors (Lipinski definition) is 5. The van der Waals surface area contributed by atoms with Crippen LogP contribution in [0.3, 0.4) is 0 Å². The van der Waals surface area contributed by atoms with Crippen LogP contribution in [0, 0.1) is 0 Å². The van der Waals surface area contributed by atoms with Crippen molar-refractivity contribution in [2.45, 2.75) is 0 Å². The van der Waals surface area contributed by atoms with Crippen molar-refractivity contribution in [2.24, 2.45) is 10.2 Å². The second kappa shape index (κ2) is 6.34. The van der Waals surface area contributed by atoms with Crippen molar-refractivity contribution in [1.82, 2.24) is 4.98 Å². The Morgan fingerprint density at radius 3 is 2.18 bits per heavy atom. The van der Waals surface area contributed by atoms with E-state index in [-0.39, 0.29) is 46.7 Å². The summed E-state index contributed by atoms with van der Waals surface area (Å²) in [4.78, 5) is 3.93. The van der Waals surface area contributed by atoms with Gasteiger partial charge in [-0.1, -0.05) is 12.1 Å². The van der Waals surface area contributed by atoms with E-state index in [9.17, 15) is 10.2 Å². The van der Waals surface area contributed by atoms with Crippen LogP contribution in [-0.2, 0) is 0 Å². The van der Waals surface area contributed by atoms with Crippen LogP contribution in [0.4, 0.5) is 11.5 Å². The number of benzene rings is 1. The maximum atomic E-state index is 9.44. The molecule has 0 saturated heterocycles. The Balaban J connectivity index is 0.00000144. The van der Waals surface area contributed by atoms with E-state index in [2.05, 4.69) is 15.2 Å². The minimum absolute atomic E-state index is 0. The first kappa shape index (κ1) is 13.6. The summed E-state index contributed by atoms with van der Waals surface area (Å²) < 4.78 is 0. The zero-order valence-electron chi connectivity index (χ0n) is 9.28. The molecular formula is C11H9N3NaO2+. The van der Waals surface area contributed by atoms with Crippen molar-refractivity contribution >= 4 is 11.5 Å². The van der Waals surface area contributed by atoms with E-state index in [1.807, 2.05) is 0 Å². The van der Waals surface area contributed by atoms with Crippen LogP contribution in [0.25, 0.3) is 0 Å². The van der Waals surface area contributed by atoms with Crippen LogP contribution in [0.15, 0.2) is 52.8 Å². The van der Waals surface area contributed by atoms with E-state index in [4.69, 9.17) is 0 Å². The molecule has 0 aliphatic heterocycles. The van der Waals surface area contributed by atoms with Crippen LogP contribution in [0.1, 0.15) is 0 Å². The number of phenolic OH excluding ortho intramolecular Hbond substituents is 2. The van der Waals surface area contributed by atoms with Gasteiger partial charge in [0.15, 0.2) is 11.5 Å². The monoisotopic (exact) mass is 238 g/mol. The summed E-state index contributed by atoms with van der Waals surface area (Å²) in [5, 5.41) is 26.4. The zero-order chi connectivity index (χ0) is 11.4. The van der Waals surface area contributed by atoms with Gasteiger partial charge < -0.3 is 10.2 Å². The van der Waals surface area contributed by atoms with Gasteiger partial charge in [-0.3, -0.25) is 0 Å². The summed E-state index contributed by atoms with van der Waals surface area (Å²) >= 11 is 0. The predicted molar refractivity (Wildman–Crippen MR) is 58.2 cm³/mol. The average Bonchev–Trinajstić information content (AvgIpc) is 2.30. The van der Waals surface area contributed by atoms with Gasteiger partial charge in [-0.15, -0.1) is 10.2 Å². The second-order valence-electron chi connectivity index (χ2n) is 3.03. The fourth-order valence-corrected chi connectivity index (χ4v) is 1.14. The largest absolute Gasteiger partial charge is 1.00 e. The summed E-state index contributed by atoms with van der Waals surface area (Å²) in [5.41, 5.74) is 0.0353. The van der Waals surface area contributed by atoms with Crippen LogP contribution >= 0.6 is 0 Å². The fraction of sp³-hybridized carbons (Fsp3) is 0. The Morgan fingerprint density at radius 2 is 1.59 bits per heavy atom. The van der Waals surface area contributed by atoms with Gasteiger partial charge in [0.25, 0.3) is 0 Å². The first-order chi connectivity index (χ1) is 7.77. The molecule has 0 spiro atoms. The Morgan fingerprint density at radius 1 is 0.882 bits per heavy atom. The number of nitrogens with zero attached hydrogens (tertiary/aromatic N) is 3.